The molecule has 0 unspecified atom stereocenters. The first-order chi connectivity index (χ1) is 11.3. The number of hydrogen-bond acceptors (Lipinski definition) is 4. The molecule has 0 aliphatic carbocycles. The number of nitrogens with zero attached hydrogens (tertiary/aromatic N) is 2. The van der Waals surface area contributed by atoms with Gasteiger partial charge < -0.3 is 14.5 Å². The smallest absolute Gasteiger partial charge is 0.161 e. The number of methoxy groups -OCH3 is 1. The molecule has 23 heavy (non-hydrogen) atoms. The number of rotatable bonds is 5. The van der Waals surface area contributed by atoms with Crippen LogP contribution < -0.4 is 9.47 Å². The van der Waals surface area contributed by atoms with Crippen LogP contribution in [0.15, 0.2) is 48.5 Å². The molecule has 0 amide bonds. The van der Waals surface area contributed by atoms with Crippen molar-refractivity contribution in [2.45, 2.75) is 12.6 Å². The molecular weight excluding hydrogens is 290 g/mol. The lowest BCUT2D eigenvalue weighted by Crippen LogP contribution is -2.53. The molecule has 1 fully saturated rings. The number of H-pyrrole nitrogens is 1. The van der Waals surface area contributed by atoms with E-state index in [2.05, 4.69) is 20.9 Å². The van der Waals surface area contributed by atoms with Crippen LogP contribution in [-0.2, 0) is 6.54 Å². The van der Waals surface area contributed by atoms with Crippen molar-refractivity contribution in [1.82, 2.24) is 14.9 Å². The summed E-state index contributed by atoms with van der Waals surface area (Å²) >= 11 is 0. The Bertz CT molecular complexity index is 776. The van der Waals surface area contributed by atoms with Gasteiger partial charge in [0, 0.05) is 13.1 Å². The summed E-state index contributed by atoms with van der Waals surface area (Å²) < 4.78 is 11.3. The minimum Gasteiger partial charge on any atom is -0.493 e. The summed E-state index contributed by atoms with van der Waals surface area (Å²) in [7, 11) is 1.66. The molecule has 1 N–H and O–H groups in total. The fourth-order valence-electron chi connectivity index (χ4n) is 2.91. The van der Waals surface area contributed by atoms with Crippen molar-refractivity contribution < 1.29 is 9.47 Å². The molecule has 4 rings (SSSR count). The van der Waals surface area contributed by atoms with Crippen LogP contribution in [0.25, 0.3) is 11.0 Å². The minimum absolute atomic E-state index is 0.204. The van der Waals surface area contributed by atoms with Gasteiger partial charge in [0.1, 0.15) is 11.9 Å². The van der Waals surface area contributed by atoms with Crippen LogP contribution in [0.5, 0.6) is 11.5 Å². The summed E-state index contributed by atoms with van der Waals surface area (Å²) in [6.07, 6.45) is 0.204. The summed E-state index contributed by atoms with van der Waals surface area (Å²) in [5.74, 6) is 2.59. The standard InChI is InChI=1S/C18H19N3O2/c1-22-16-8-4-5-9-17(16)23-13-10-21(11-13)12-18-19-14-6-2-3-7-15(14)20-18/h2-9,13H,10-12H2,1H3,(H,19,20). The van der Waals surface area contributed by atoms with E-state index in [-0.39, 0.29) is 6.10 Å². The molecular formula is C18H19N3O2. The minimum atomic E-state index is 0.204. The van der Waals surface area contributed by atoms with Crippen molar-refractivity contribution in [1.29, 1.82) is 0 Å². The van der Waals surface area contributed by atoms with Crippen LogP contribution in [0, 0.1) is 0 Å². The van der Waals surface area contributed by atoms with E-state index in [9.17, 15) is 0 Å². The van der Waals surface area contributed by atoms with Crippen molar-refractivity contribution in [3.8, 4) is 11.5 Å². The van der Waals surface area contributed by atoms with Crippen molar-refractivity contribution in [2.24, 2.45) is 0 Å². The van der Waals surface area contributed by atoms with E-state index >= 15 is 0 Å². The number of para-hydroxylation sites is 4. The summed E-state index contributed by atoms with van der Waals surface area (Å²) in [4.78, 5) is 10.3. The molecule has 2 aromatic carbocycles. The molecule has 1 aliphatic heterocycles. The molecule has 5 heteroatoms. The lowest BCUT2D eigenvalue weighted by Gasteiger charge is -2.38. The lowest BCUT2D eigenvalue weighted by molar-refractivity contribution is 0.0118. The highest BCUT2D eigenvalue weighted by atomic mass is 16.5. The molecule has 0 spiro atoms. The summed E-state index contributed by atoms with van der Waals surface area (Å²) in [6.45, 7) is 2.62. The molecule has 0 radical (unpaired) electrons. The van der Waals surface area contributed by atoms with Gasteiger partial charge in [-0.2, -0.15) is 0 Å². The van der Waals surface area contributed by atoms with Gasteiger partial charge in [-0.3, -0.25) is 4.90 Å². The molecule has 118 valence electrons. The highest BCUT2D eigenvalue weighted by Gasteiger charge is 2.29. The number of aromatic amines is 1. The predicted octanol–water partition coefficient (Wildman–Crippen LogP) is 2.83. The number of benzene rings is 2. The molecule has 5 nitrogen and oxygen atoms in total. The maximum absolute atomic E-state index is 6.00. The van der Waals surface area contributed by atoms with Crippen molar-refractivity contribution in [3.63, 3.8) is 0 Å². The van der Waals surface area contributed by atoms with Gasteiger partial charge >= 0.3 is 0 Å². The van der Waals surface area contributed by atoms with Crippen LogP contribution in [0.4, 0.5) is 0 Å². The molecule has 1 aliphatic rings. The Balaban J connectivity index is 1.34. The summed E-state index contributed by atoms with van der Waals surface area (Å²) in [6, 6.07) is 15.9. The number of aromatic nitrogens is 2. The zero-order valence-corrected chi connectivity index (χ0v) is 13.0. The number of likely N-dealkylation sites (tertiary alicyclic amines) is 1. The van der Waals surface area contributed by atoms with E-state index in [0.717, 1.165) is 48.0 Å². The third kappa shape index (κ3) is 2.87. The van der Waals surface area contributed by atoms with Crippen LogP contribution in [0.3, 0.4) is 0 Å². The molecule has 1 aromatic heterocycles. The number of fused-ring (bicyclic) bond motifs is 1. The molecule has 2 heterocycles. The Morgan fingerprint density at radius 3 is 2.61 bits per heavy atom. The first-order valence-corrected chi connectivity index (χ1v) is 7.77. The van der Waals surface area contributed by atoms with Crippen LogP contribution in [-0.4, -0.2) is 41.2 Å². The molecule has 1 saturated heterocycles. The Hall–Kier alpha value is -2.53. The van der Waals surface area contributed by atoms with Gasteiger partial charge in [-0.25, -0.2) is 4.98 Å². The highest BCUT2D eigenvalue weighted by molar-refractivity contribution is 5.74. The van der Waals surface area contributed by atoms with Crippen molar-refractivity contribution >= 4 is 11.0 Å². The van der Waals surface area contributed by atoms with Gasteiger partial charge in [-0.15, -0.1) is 0 Å². The molecule has 0 saturated carbocycles. The maximum Gasteiger partial charge on any atom is 0.161 e. The van der Waals surface area contributed by atoms with Crippen molar-refractivity contribution in [2.75, 3.05) is 20.2 Å². The molecule has 0 atom stereocenters. The van der Waals surface area contributed by atoms with E-state index in [1.54, 1.807) is 7.11 Å². The monoisotopic (exact) mass is 309 g/mol. The Kier molecular flexibility index (Phi) is 3.63. The third-order valence-electron chi connectivity index (χ3n) is 4.10. The van der Waals surface area contributed by atoms with Gasteiger partial charge in [-0.05, 0) is 24.3 Å². The van der Waals surface area contributed by atoms with E-state index in [0.29, 0.717) is 0 Å². The maximum atomic E-state index is 6.00. The van der Waals surface area contributed by atoms with Crippen LogP contribution in [0.1, 0.15) is 5.82 Å². The van der Waals surface area contributed by atoms with E-state index in [1.165, 1.54) is 0 Å². The first kappa shape index (κ1) is 14.1. The Labute approximate surface area is 134 Å². The molecule has 0 bridgehead atoms. The second kappa shape index (κ2) is 5.93. The Morgan fingerprint density at radius 1 is 1.09 bits per heavy atom. The highest BCUT2D eigenvalue weighted by Crippen LogP contribution is 2.29. The van der Waals surface area contributed by atoms with Crippen molar-refractivity contribution in [3.05, 3.63) is 54.4 Å². The lowest BCUT2D eigenvalue weighted by atomic mass is 10.1. The van der Waals surface area contributed by atoms with E-state index < -0.39 is 0 Å². The average Bonchev–Trinajstić information content (AvgIpc) is 2.95. The SMILES string of the molecule is COc1ccccc1OC1CN(Cc2nc3ccccc3[nH]2)C1. The number of hydrogen-bond donors (Lipinski definition) is 1. The zero-order chi connectivity index (χ0) is 15.6. The number of ether oxygens (including phenoxy) is 2. The zero-order valence-electron chi connectivity index (χ0n) is 13.0. The van der Waals surface area contributed by atoms with E-state index in [4.69, 9.17) is 9.47 Å². The first-order valence-electron chi connectivity index (χ1n) is 7.77. The van der Waals surface area contributed by atoms with Gasteiger partial charge in [0.15, 0.2) is 11.5 Å². The second-order valence-electron chi connectivity index (χ2n) is 5.79. The average molecular weight is 309 g/mol. The normalized spacial score (nSPS) is 15.5. The van der Waals surface area contributed by atoms with Crippen LogP contribution in [0.2, 0.25) is 0 Å². The largest absolute Gasteiger partial charge is 0.493 e. The van der Waals surface area contributed by atoms with Crippen LogP contribution >= 0.6 is 0 Å². The second-order valence-corrected chi connectivity index (χ2v) is 5.79. The van der Waals surface area contributed by atoms with E-state index in [1.807, 2.05) is 42.5 Å². The summed E-state index contributed by atoms with van der Waals surface area (Å²) in [5, 5.41) is 0. The quantitative estimate of drug-likeness (QED) is 0.787. The number of imidazole rings is 1. The van der Waals surface area contributed by atoms with Gasteiger partial charge in [0.25, 0.3) is 0 Å². The van der Waals surface area contributed by atoms with Gasteiger partial charge in [-0.1, -0.05) is 24.3 Å². The fourth-order valence-corrected chi connectivity index (χ4v) is 2.91. The summed E-state index contributed by atoms with van der Waals surface area (Å²) in [5.41, 5.74) is 2.11. The fraction of sp³-hybridized carbons (Fsp3) is 0.278. The van der Waals surface area contributed by atoms with Gasteiger partial charge in [0.2, 0.25) is 0 Å². The predicted molar refractivity (Wildman–Crippen MR) is 88.8 cm³/mol. The topological polar surface area (TPSA) is 50.4 Å². The van der Waals surface area contributed by atoms with Gasteiger partial charge in [0.05, 0.1) is 24.7 Å². The molecule has 3 aromatic rings. The third-order valence-corrected chi connectivity index (χ3v) is 4.10. The number of nitrogens with one attached hydrogen (secondary N) is 1. The Morgan fingerprint density at radius 2 is 1.83 bits per heavy atom.